The molecule has 0 aliphatic carbocycles. The summed E-state index contributed by atoms with van der Waals surface area (Å²) in [6.07, 6.45) is 3.40. The van der Waals surface area contributed by atoms with Crippen LogP contribution in [-0.2, 0) is 14.6 Å². The molecule has 32 heavy (non-hydrogen) atoms. The minimum atomic E-state index is -3.93. The Bertz CT molecular complexity index is 1350. The molecule has 0 bridgehead atoms. The molecular weight excluding hydrogens is 452 g/mol. The molecule has 1 aliphatic heterocycles. The van der Waals surface area contributed by atoms with Crippen LogP contribution in [0.25, 0.3) is 0 Å². The van der Waals surface area contributed by atoms with E-state index in [1.165, 1.54) is 17.5 Å². The number of hydrogen-bond donors (Lipinski definition) is 3. The van der Waals surface area contributed by atoms with Gasteiger partial charge in [0.25, 0.3) is 10.9 Å². The second kappa shape index (κ2) is 8.44. The summed E-state index contributed by atoms with van der Waals surface area (Å²) < 4.78 is 31.2. The second-order valence-corrected chi connectivity index (χ2v) is 10.5. The summed E-state index contributed by atoms with van der Waals surface area (Å²) in [5.74, 6) is 0.217. The maximum absolute atomic E-state index is 12.8. The Labute approximate surface area is 188 Å². The second-order valence-electron chi connectivity index (χ2n) is 7.51. The number of anilines is 3. The van der Waals surface area contributed by atoms with Gasteiger partial charge in [0.1, 0.15) is 17.1 Å². The number of benzene rings is 1. The fourth-order valence-electron chi connectivity index (χ4n) is 3.49. The molecule has 1 aromatic heterocycles. The topological polar surface area (TPSA) is 122 Å². The van der Waals surface area contributed by atoms with Crippen LogP contribution in [0, 0.1) is 0 Å². The van der Waals surface area contributed by atoms with Crippen LogP contribution in [-0.4, -0.2) is 25.7 Å². The molecule has 0 saturated heterocycles. The molecule has 2 heterocycles. The van der Waals surface area contributed by atoms with E-state index in [0.717, 1.165) is 17.8 Å². The molecule has 4 rings (SSSR count). The zero-order valence-electron chi connectivity index (χ0n) is 17.4. The van der Waals surface area contributed by atoms with E-state index in [9.17, 15) is 23.1 Å². The van der Waals surface area contributed by atoms with Gasteiger partial charge in [-0.15, -0.1) is 11.3 Å². The van der Waals surface area contributed by atoms with Crippen molar-refractivity contribution in [2.24, 2.45) is 0 Å². The van der Waals surface area contributed by atoms with E-state index in [0.29, 0.717) is 12.2 Å². The van der Waals surface area contributed by atoms with Crippen LogP contribution in [0.5, 0.6) is 5.75 Å². The van der Waals surface area contributed by atoms with Crippen molar-refractivity contribution in [2.45, 2.75) is 47.9 Å². The van der Waals surface area contributed by atoms with Gasteiger partial charge in [0.2, 0.25) is 9.84 Å². The number of rotatable bonds is 8. The number of ether oxygens (including phenoxy) is 1. The molecule has 0 amide bonds. The minimum absolute atomic E-state index is 0.0168. The first-order valence-corrected chi connectivity index (χ1v) is 12.4. The quantitative estimate of drug-likeness (QED) is 0.424. The fraction of sp³-hybridized carbons (Fsp3) is 0.273. The van der Waals surface area contributed by atoms with Gasteiger partial charge in [-0.05, 0) is 31.6 Å². The molecule has 0 fully saturated rings. The summed E-state index contributed by atoms with van der Waals surface area (Å²) in [6.45, 7) is 3.87. The Hall–Kier alpha value is -3.11. The van der Waals surface area contributed by atoms with Gasteiger partial charge in [0, 0.05) is 11.8 Å². The first kappa shape index (κ1) is 22.1. The van der Waals surface area contributed by atoms with Crippen molar-refractivity contribution in [1.29, 1.82) is 0 Å². The van der Waals surface area contributed by atoms with E-state index in [4.69, 9.17) is 4.74 Å². The van der Waals surface area contributed by atoms with Crippen molar-refractivity contribution in [3.8, 4) is 5.75 Å². The van der Waals surface area contributed by atoms with Crippen LogP contribution in [0.3, 0.4) is 0 Å². The summed E-state index contributed by atoms with van der Waals surface area (Å²) in [6, 6.07) is 7.46. The highest BCUT2D eigenvalue weighted by atomic mass is 32.2. The van der Waals surface area contributed by atoms with E-state index >= 15 is 0 Å². The van der Waals surface area contributed by atoms with Crippen LogP contribution >= 0.6 is 11.3 Å². The fourth-order valence-corrected chi connectivity index (χ4v) is 6.14. The zero-order chi connectivity index (χ0) is 23.0. The molecule has 1 unspecified atom stereocenters. The third-order valence-electron chi connectivity index (χ3n) is 5.26. The molecule has 168 valence electrons. The van der Waals surface area contributed by atoms with E-state index < -0.39 is 26.4 Å². The highest BCUT2D eigenvalue weighted by Crippen LogP contribution is 2.42. The van der Waals surface area contributed by atoms with Crippen molar-refractivity contribution in [3.05, 3.63) is 68.0 Å². The van der Waals surface area contributed by atoms with Gasteiger partial charge in [-0.3, -0.25) is 9.59 Å². The van der Waals surface area contributed by atoms with Crippen molar-refractivity contribution in [1.82, 2.24) is 0 Å². The first-order valence-electron chi connectivity index (χ1n) is 10.1. The van der Waals surface area contributed by atoms with Crippen molar-refractivity contribution >= 4 is 38.2 Å². The highest BCUT2D eigenvalue weighted by Gasteiger charge is 2.30. The van der Waals surface area contributed by atoms with Gasteiger partial charge in [-0.1, -0.05) is 25.1 Å². The predicted molar refractivity (Wildman–Crippen MR) is 123 cm³/mol. The zero-order valence-corrected chi connectivity index (χ0v) is 19.0. The Kier molecular flexibility index (Phi) is 5.83. The van der Waals surface area contributed by atoms with Crippen LogP contribution in [0.1, 0.15) is 26.7 Å². The molecule has 2 aromatic carbocycles. The average molecular weight is 475 g/mol. The van der Waals surface area contributed by atoms with E-state index in [2.05, 4.69) is 10.6 Å². The SMILES string of the molecule is CC[C@@H](Nc1c(Nc2csc(S(=O)(=O)c3ccccc3)c2O)c(=O)c1=O)C1=CCC(C)O1. The smallest absolute Gasteiger partial charge is 0.253 e. The predicted octanol–water partition coefficient (Wildman–Crippen LogP) is 3.51. The standard InChI is InChI=1S/C22H22N2O6S2/c1-3-14(16-10-9-12(2)30-16)23-17-18(21(27)20(17)26)24-15-11-31-22(19(15)25)32(28,29)13-7-5-4-6-8-13/h4-8,10-12,14,23-25H,3,9H2,1-2H3/t12?,14-/m1/s1. The van der Waals surface area contributed by atoms with E-state index in [1.807, 2.05) is 19.9 Å². The van der Waals surface area contributed by atoms with Crippen LogP contribution in [0.4, 0.5) is 17.1 Å². The van der Waals surface area contributed by atoms with Crippen LogP contribution < -0.4 is 21.5 Å². The number of nitrogens with one attached hydrogen (secondary N) is 2. The van der Waals surface area contributed by atoms with E-state index in [1.54, 1.807) is 18.2 Å². The first-order chi connectivity index (χ1) is 15.2. The van der Waals surface area contributed by atoms with Gasteiger partial charge in [-0.25, -0.2) is 8.42 Å². The third kappa shape index (κ3) is 3.80. The van der Waals surface area contributed by atoms with Gasteiger partial charge in [0.15, 0.2) is 9.96 Å². The van der Waals surface area contributed by atoms with Crippen LogP contribution in [0.2, 0.25) is 0 Å². The minimum Gasteiger partial charge on any atom is -0.504 e. The molecule has 10 heteroatoms. The van der Waals surface area contributed by atoms with Crippen molar-refractivity contribution in [3.63, 3.8) is 0 Å². The van der Waals surface area contributed by atoms with Crippen molar-refractivity contribution in [2.75, 3.05) is 10.6 Å². The maximum atomic E-state index is 12.8. The molecule has 0 saturated carbocycles. The average Bonchev–Trinajstić information content (AvgIpc) is 3.39. The van der Waals surface area contributed by atoms with Gasteiger partial charge < -0.3 is 20.5 Å². The monoisotopic (exact) mass is 474 g/mol. The molecule has 0 spiro atoms. The summed E-state index contributed by atoms with van der Waals surface area (Å²) in [5.41, 5.74) is -1.31. The number of thiophene rings is 1. The summed E-state index contributed by atoms with van der Waals surface area (Å²) in [5, 5.41) is 17.7. The Morgan fingerprint density at radius 1 is 1.19 bits per heavy atom. The lowest BCUT2D eigenvalue weighted by atomic mass is 10.1. The lowest BCUT2D eigenvalue weighted by Gasteiger charge is -2.23. The van der Waals surface area contributed by atoms with Gasteiger partial charge in [0.05, 0.1) is 22.7 Å². The summed E-state index contributed by atoms with van der Waals surface area (Å²) in [4.78, 5) is 24.5. The Morgan fingerprint density at radius 2 is 1.88 bits per heavy atom. The lowest BCUT2D eigenvalue weighted by molar-refractivity contribution is 0.148. The molecule has 8 nitrogen and oxygen atoms in total. The Morgan fingerprint density at radius 3 is 2.50 bits per heavy atom. The summed E-state index contributed by atoms with van der Waals surface area (Å²) >= 11 is 0.828. The molecular formula is C22H22N2O6S2. The molecule has 0 radical (unpaired) electrons. The number of aromatic hydroxyl groups is 1. The highest BCUT2D eigenvalue weighted by molar-refractivity contribution is 7.93. The molecule has 3 aromatic rings. The lowest BCUT2D eigenvalue weighted by Crippen LogP contribution is -2.39. The number of sulfone groups is 1. The molecule has 2 atom stereocenters. The van der Waals surface area contributed by atoms with Gasteiger partial charge in [-0.2, -0.15) is 0 Å². The van der Waals surface area contributed by atoms with E-state index in [-0.39, 0.29) is 38.3 Å². The van der Waals surface area contributed by atoms with Crippen LogP contribution in [0.15, 0.2) is 66.2 Å². The maximum Gasteiger partial charge on any atom is 0.253 e. The normalized spacial score (nSPS) is 17.1. The number of hydrogen-bond acceptors (Lipinski definition) is 9. The Balaban J connectivity index is 1.60. The molecule has 3 N–H and O–H groups in total. The third-order valence-corrected chi connectivity index (χ3v) is 8.54. The largest absolute Gasteiger partial charge is 0.504 e. The summed E-state index contributed by atoms with van der Waals surface area (Å²) in [7, 11) is -3.93. The van der Waals surface area contributed by atoms with Gasteiger partial charge >= 0.3 is 0 Å². The molecule has 1 aliphatic rings. The van der Waals surface area contributed by atoms with Crippen molar-refractivity contribution < 1.29 is 18.3 Å².